The Labute approximate surface area is 166 Å². The number of rotatable bonds is 5. The normalized spacial score (nSPS) is 25.4. The molecule has 0 radical (unpaired) electrons. The highest BCUT2D eigenvalue weighted by molar-refractivity contribution is 7.13. The summed E-state index contributed by atoms with van der Waals surface area (Å²) in [4.78, 5) is 32.2. The maximum absolute atomic E-state index is 12.4. The average Bonchev–Trinajstić information content (AvgIpc) is 2.98. The molecule has 0 saturated carbocycles. The first-order valence-corrected chi connectivity index (χ1v) is 10.7. The number of carbonyl (C=O) groups is 2. The summed E-state index contributed by atoms with van der Waals surface area (Å²) < 4.78 is 0. The molecule has 2 atom stereocenters. The highest BCUT2D eigenvalue weighted by atomic mass is 32.1. The van der Waals surface area contributed by atoms with Crippen molar-refractivity contribution in [1.29, 1.82) is 0 Å². The highest BCUT2D eigenvalue weighted by Gasteiger charge is 2.41. The fourth-order valence-electron chi connectivity index (χ4n) is 4.49. The summed E-state index contributed by atoms with van der Waals surface area (Å²) in [5.74, 6) is 0.599. The minimum atomic E-state index is -0.189. The standard InChI is InChI=1S/C20H32N4O2S/c1-12-18(27-13(2)22-12)19(26)21-10-14-8-15-6-7-16(9-14)24(15)11-17(25)23-20(3,4)5/h14-16H,6-11H2,1-5H3,(H,21,26)(H,23,25). The molecule has 0 spiro atoms. The van der Waals surface area contributed by atoms with Crippen LogP contribution in [0, 0.1) is 19.8 Å². The lowest BCUT2D eigenvalue weighted by molar-refractivity contribution is -0.125. The zero-order valence-electron chi connectivity index (χ0n) is 17.1. The van der Waals surface area contributed by atoms with Crippen LogP contribution in [0.1, 0.15) is 66.8 Å². The second kappa shape index (κ2) is 7.87. The van der Waals surface area contributed by atoms with E-state index in [1.54, 1.807) is 0 Å². The monoisotopic (exact) mass is 392 g/mol. The second-order valence-corrected chi connectivity index (χ2v) is 10.3. The lowest BCUT2D eigenvalue weighted by atomic mass is 9.90. The van der Waals surface area contributed by atoms with Crippen LogP contribution < -0.4 is 10.6 Å². The van der Waals surface area contributed by atoms with E-state index in [2.05, 4.69) is 20.5 Å². The summed E-state index contributed by atoms with van der Waals surface area (Å²) in [6, 6.07) is 0.924. The molecule has 2 amide bonds. The van der Waals surface area contributed by atoms with Gasteiger partial charge in [-0.2, -0.15) is 0 Å². The van der Waals surface area contributed by atoms with Gasteiger partial charge in [-0.25, -0.2) is 4.98 Å². The van der Waals surface area contributed by atoms with Gasteiger partial charge >= 0.3 is 0 Å². The van der Waals surface area contributed by atoms with E-state index >= 15 is 0 Å². The van der Waals surface area contributed by atoms with Gasteiger partial charge < -0.3 is 10.6 Å². The number of nitrogens with one attached hydrogen (secondary N) is 2. The lowest BCUT2D eigenvalue weighted by Gasteiger charge is -2.39. The molecule has 2 aliphatic rings. The van der Waals surface area contributed by atoms with Crippen LogP contribution >= 0.6 is 11.3 Å². The zero-order valence-corrected chi connectivity index (χ0v) is 17.9. The van der Waals surface area contributed by atoms with Crippen LogP contribution in [0.25, 0.3) is 0 Å². The molecule has 3 rings (SSSR count). The summed E-state index contributed by atoms with van der Waals surface area (Å²) in [6.07, 6.45) is 4.43. The Balaban J connectivity index is 1.50. The lowest BCUT2D eigenvalue weighted by Crippen LogP contribution is -2.52. The number of thiazole rings is 1. The summed E-state index contributed by atoms with van der Waals surface area (Å²) in [5.41, 5.74) is 0.626. The summed E-state index contributed by atoms with van der Waals surface area (Å²) in [7, 11) is 0. The van der Waals surface area contributed by atoms with E-state index in [4.69, 9.17) is 0 Å². The van der Waals surface area contributed by atoms with Gasteiger partial charge in [-0.05, 0) is 66.2 Å². The van der Waals surface area contributed by atoms with Gasteiger partial charge in [0.1, 0.15) is 4.88 Å². The molecule has 2 aliphatic heterocycles. The third kappa shape index (κ3) is 5.08. The van der Waals surface area contributed by atoms with E-state index in [9.17, 15) is 9.59 Å². The molecule has 0 aliphatic carbocycles. The molecule has 27 heavy (non-hydrogen) atoms. The number of nitrogens with zero attached hydrogens (tertiary/aromatic N) is 2. The molecule has 6 nitrogen and oxygen atoms in total. The Morgan fingerprint density at radius 2 is 1.81 bits per heavy atom. The largest absolute Gasteiger partial charge is 0.351 e. The van der Waals surface area contributed by atoms with Crippen molar-refractivity contribution in [2.45, 2.75) is 77.9 Å². The average molecular weight is 393 g/mol. The van der Waals surface area contributed by atoms with Gasteiger partial charge in [0.15, 0.2) is 0 Å². The minimum Gasteiger partial charge on any atom is -0.351 e. The van der Waals surface area contributed by atoms with E-state index in [1.807, 2.05) is 34.6 Å². The van der Waals surface area contributed by atoms with Gasteiger partial charge in [0.05, 0.1) is 17.2 Å². The molecule has 2 fully saturated rings. The molecule has 150 valence electrons. The van der Waals surface area contributed by atoms with Crippen LogP contribution in [0.5, 0.6) is 0 Å². The number of piperidine rings is 1. The molecular formula is C20H32N4O2S. The zero-order chi connectivity index (χ0) is 19.8. The molecule has 0 aromatic carbocycles. The van der Waals surface area contributed by atoms with Gasteiger partial charge in [0.2, 0.25) is 5.91 Å². The molecule has 2 bridgehead atoms. The number of carbonyl (C=O) groups excluding carboxylic acids is 2. The van der Waals surface area contributed by atoms with Crippen LogP contribution in [0.3, 0.4) is 0 Å². The van der Waals surface area contributed by atoms with Gasteiger partial charge in [-0.1, -0.05) is 0 Å². The molecule has 2 unspecified atom stereocenters. The van der Waals surface area contributed by atoms with Gasteiger partial charge in [-0.3, -0.25) is 14.5 Å². The Morgan fingerprint density at radius 1 is 1.19 bits per heavy atom. The quantitative estimate of drug-likeness (QED) is 0.808. The van der Waals surface area contributed by atoms with Gasteiger partial charge in [-0.15, -0.1) is 11.3 Å². The van der Waals surface area contributed by atoms with Crippen LogP contribution in [-0.2, 0) is 4.79 Å². The topological polar surface area (TPSA) is 74.3 Å². The van der Waals surface area contributed by atoms with Crippen molar-refractivity contribution in [1.82, 2.24) is 20.5 Å². The SMILES string of the molecule is Cc1nc(C)c(C(=O)NCC2CC3CCC(C2)N3CC(=O)NC(C)(C)C)s1. The fraction of sp³-hybridized carbons (Fsp3) is 0.750. The van der Waals surface area contributed by atoms with Crippen molar-refractivity contribution in [3.8, 4) is 0 Å². The highest BCUT2D eigenvalue weighted by Crippen LogP contribution is 2.38. The minimum absolute atomic E-state index is 0.00238. The number of hydrogen-bond donors (Lipinski definition) is 2. The molecular weight excluding hydrogens is 360 g/mol. The van der Waals surface area contributed by atoms with Gasteiger partial charge in [0, 0.05) is 24.2 Å². The Hall–Kier alpha value is -1.47. The predicted octanol–water partition coefficient (Wildman–Crippen LogP) is 2.65. The first kappa shape index (κ1) is 20.3. The third-order valence-electron chi connectivity index (χ3n) is 5.48. The fourth-order valence-corrected chi connectivity index (χ4v) is 5.33. The van der Waals surface area contributed by atoms with E-state index in [0.29, 0.717) is 31.1 Å². The van der Waals surface area contributed by atoms with Crippen molar-refractivity contribution in [2.75, 3.05) is 13.1 Å². The third-order valence-corrected chi connectivity index (χ3v) is 6.56. The summed E-state index contributed by atoms with van der Waals surface area (Å²) in [5, 5.41) is 7.11. The number of fused-ring (bicyclic) bond motifs is 2. The summed E-state index contributed by atoms with van der Waals surface area (Å²) >= 11 is 1.46. The van der Waals surface area contributed by atoms with Crippen LogP contribution in [0.2, 0.25) is 0 Å². The summed E-state index contributed by atoms with van der Waals surface area (Å²) in [6.45, 7) is 11.1. The second-order valence-electron chi connectivity index (χ2n) is 9.05. The smallest absolute Gasteiger partial charge is 0.263 e. The first-order chi connectivity index (χ1) is 12.6. The molecule has 1 aromatic heterocycles. The van der Waals surface area contributed by atoms with E-state index in [-0.39, 0.29) is 17.4 Å². The first-order valence-electron chi connectivity index (χ1n) is 9.91. The maximum atomic E-state index is 12.4. The Bertz CT molecular complexity index is 695. The molecule has 3 heterocycles. The van der Waals surface area contributed by atoms with Crippen molar-refractivity contribution >= 4 is 23.2 Å². The number of aryl methyl sites for hydroxylation is 2. The molecule has 1 aromatic rings. The Kier molecular flexibility index (Phi) is 5.91. The van der Waals surface area contributed by atoms with Crippen molar-refractivity contribution in [2.24, 2.45) is 5.92 Å². The van der Waals surface area contributed by atoms with E-state index < -0.39 is 0 Å². The van der Waals surface area contributed by atoms with Crippen molar-refractivity contribution < 1.29 is 9.59 Å². The van der Waals surface area contributed by atoms with Crippen LogP contribution in [-0.4, -0.2) is 52.4 Å². The molecule has 2 N–H and O–H groups in total. The Morgan fingerprint density at radius 3 is 2.33 bits per heavy atom. The van der Waals surface area contributed by atoms with Crippen LogP contribution in [0.15, 0.2) is 0 Å². The van der Waals surface area contributed by atoms with E-state index in [0.717, 1.165) is 41.3 Å². The van der Waals surface area contributed by atoms with Crippen LogP contribution in [0.4, 0.5) is 0 Å². The number of aromatic nitrogens is 1. The maximum Gasteiger partial charge on any atom is 0.263 e. The molecule has 2 saturated heterocycles. The van der Waals surface area contributed by atoms with Gasteiger partial charge in [0.25, 0.3) is 5.91 Å². The van der Waals surface area contributed by atoms with E-state index in [1.165, 1.54) is 11.3 Å². The van der Waals surface area contributed by atoms with Crippen molar-refractivity contribution in [3.63, 3.8) is 0 Å². The molecule has 7 heteroatoms. The number of amides is 2. The predicted molar refractivity (Wildman–Crippen MR) is 108 cm³/mol. The van der Waals surface area contributed by atoms with Crippen molar-refractivity contribution in [3.05, 3.63) is 15.6 Å². The number of hydrogen-bond acceptors (Lipinski definition) is 5.